The largest absolute Gasteiger partial charge is 0.507 e. The van der Waals surface area contributed by atoms with Crippen molar-refractivity contribution in [3.63, 3.8) is 0 Å². The second-order valence-corrected chi connectivity index (χ2v) is 9.55. The highest BCUT2D eigenvalue weighted by Crippen LogP contribution is 2.40. The van der Waals surface area contributed by atoms with Gasteiger partial charge in [0, 0.05) is 16.8 Å². The van der Waals surface area contributed by atoms with Gasteiger partial charge in [-0.15, -0.1) is 0 Å². The molecule has 31 heavy (non-hydrogen) atoms. The van der Waals surface area contributed by atoms with Crippen LogP contribution >= 0.6 is 0 Å². The number of hydrogen-bond donors (Lipinski definition) is 2. The van der Waals surface area contributed by atoms with E-state index < -0.39 is 5.91 Å². The lowest BCUT2D eigenvalue weighted by atomic mass is 9.78. The molecule has 1 amide bonds. The monoisotopic (exact) mass is 420 g/mol. The fraction of sp³-hybridized carbons (Fsp3) is 0.385. The molecule has 2 aromatic rings. The predicted octanol–water partition coefficient (Wildman–Crippen LogP) is 5.93. The summed E-state index contributed by atoms with van der Waals surface area (Å²) in [4.78, 5) is 12.7. The topological polar surface area (TPSA) is 82.3 Å². The number of amides is 1. The number of nitrogens with one attached hydrogen (secondary N) is 1. The quantitative estimate of drug-likeness (QED) is 0.464. The molecule has 164 valence electrons. The van der Waals surface area contributed by atoms with Gasteiger partial charge in [-0.3, -0.25) is 4.79 Å². The summed E-state index contributed by atoms with van der Waals surface area (Å²) in [7, 11) is 0. The maximum absolute atomic E-state index is 12.7. The van der Waals surface area contributed by atoms with Crippen LogP contribution in [-0.4, -0.2) is 17.6 Å². The second kappa shape index (κ2) is 9.26. The lowest BCUT2D eigenvalue weighted by molar-refractivity contribution is -0.112. The molecule has 0 aliphatic heterocycles. The first-order chi connectivity index (χ1) is 14.4. The van der Waals surface area contributed by atoms with Crippen LogP contribution in [0.2, 0.25) is 0 Å². The van der Waals surface area contributed by atoms with E-state index in [0.29, 0.717) is 23.6 Å². The zero-order valence-corrected chi connectivity index (χ0v) is 19.5. The van der Waals surface area contributed by atoms with Gasteiger partial charge >= 0.3 is 0 Å². The Bertz CT molecular complexity index is 980. The molecular formula is C26H32N2O3. The average molecular weight is 421 g/mol. The summed E-state index contributed by atoms with van der Waals surface area (Å²) in [6, 6.07) is 12.7. The molecule has 5 heteroatoms. The van der Waals surface area contributed by atoms with Gasteiger partial charge in [-0.1, -0.05) is 41.5 Å². The van der Waals surface area contributed by atoms with Crippen LogP contribution in [0.15, 0.2) is 42.0 Å². The smallest absolute Gasteiger partial charge is 0.266 e. The summed E-state index contributed by atoms with van der Waals surface area (Å²) in [5.74, 6) is 0.480. The lowest BCUT2D eigenvalue weighted by Gasteiger charge is -2.28. The van der Waals surface area contributed by atoms with E-state index in [9.17, 15) is 15.2 Å². The molecule has 0 heterocycles. The zero-order chi connectivity index (χ0) is 23.4. The van der Waals surface area contributed by atoms with Crippen LogP contribution in [0.1, 0.15) is 65.2 Å². The van der Waals surface area contributed by atoms with Gasteiger partial charge < -0.3 is 15.2 Å². The van der Waals surface area contributed by atoms with Crippen LogP contribution in [0, 0.1) is 11.3 Å². The van der Waals surface area contributed by atoms with E-state index in [1.165, 1.54) is 0 Å². The summed E-state index contributed by atoms with van der Waals surface area (Å²) in [5.41, 5.74) is 2.21. The highest BCUT2D eigenvalue weighted by Gasteiger charge is 2.26. The molecule has 0 saturated heterocycles. The fourth-order valence-electron chi connectivity index (χ4n) is 3.20. The zero-order valence-electron chi connectivity index (χ0n) is 19.5. The number of phenols is 1. The Balaban J connectivity index is 2.43. The van der Waals surface area contributed by atoms with Crippen molar-refractivity contribution >= 4 is 17.7 Å². The summed E-state index contributed by atoms with van der Waals surface area (Å²) in [6.07, 6.45) is 1.56. The predicted molar refractivity (Wildman–Crippen MR) is 125 cm³/mol. The van der Waals surface area contributed by atoms with Crippen LogP contribution in [0.3, 0.4) is 0 Å². The van der Waals surface area contributed by atoms with Gasteiger partial charge in [-0.25, -0.2) is 0 Å². The van der Waals surface area contributed by atoms with Crippen molar-refractivity contribution < 1.29 is 14.6 Å². The Morgan fingerprint density at radius 2 is 1.58 bits per heavy atom. The number of carbonyl (C=O) groups is 1. The average Bonchev–Trinajstić information content (AvgIpc) is 2.66. The van der Waals surface area contributed by atoms with Gasteiger partial charge in [0.2, 0.25) is 0 Å². The molecular weight excluding hydrogens is 388 g/mol. The maximum atomic E-state index is 12.7. The third-order valence-electron chi connectivity index (χ3n) is 4.85. The number of nitriles is 1. The van der Waals surface area contributed by atoms with E-state index in [-0.39, 0.29) is 22.2 Å². The van der Waals surface area contributed by atoms with Crippen LogP contribution in [0.4, 0.5) is 5.69 Å². The molecule has 5 nitrogen and oxygen atoms in total. The van der Waals surface area contributed by atoms with Gasteiger partial charge in [0.15, 0.2) is 0 Å². The van der Waals surface area contributed by atoms with Crippen molar-refractivity contribution in [3.8, 4) is 17.6 Å². The Labute approximate surface area is 185 Å². The molecule has 2 aromatic carbocycles. The molecule has 0 spiro atoms. The summed E-state index contributed by atoms with van der Waals surface area (Å²) < 4.78 is 5.40. The Morgan fingerprint density at radius 3 is 2.00 bits per heavy atom. The first-order valence-electron chi connectivity index (χ1n) is 10.4. The van der Waals surface area contributed by atoms with Gasteiger partial charge in [-0.2, -0.15) is 5.26 Å². The number of phenolic OH excluding ortho intramolecular Hbond substituents is 1. The van der Waals surface area contributed by atoms with E-state index in [2.05, 4.69) is 5.32 Å². The van der Waals surface area contributed by atoms with Crippen molar-refractivity contribution in [2.75, 3.05) is 11.9 Å². The standard InChI is InChI=1S/C26H32N2O3/c1-8-31-20-11-9-19(10-12-20)28-24(30)18(16-27)13-17-14-21(25(2,3)4)23(29)22(15-17)26(5,6)7/h9-15,29H,8H2,1-7H3,(H,28,30). The molecule has 2 N–H and O–H groups in total. The minimum atomic E-state index is -0.491. The Morgan fingerprint density at radius 1 is 1.06 bits per heavy atom. The van der Waals surface area contributed by atoms with Gasteiger partial charge in [-0.05, 0) is 65.8 Å². The van der Waals surface area contributed by atoms with Crippen LogP contribution in [0.5, 0.6) is 11.5 Å². The molecule has 0 radical (unpaired) electrons. The number of nitrogens with zero attached hydrogens (tertiary/aromatic N) is 1. The van der Waals surface area contributed by atoms with Crippen LogP contribution in [-0.2, 0) is 15.6 Å². The molecule has 0 saturated carbocycles. The van der Waals surface area contributed by atoms with Crippen LogP contribution < -0.4 is 10.1 Å². The molecule has 0 atom stereocenters. The van der Waals surface area contributed by atoms with E-state index in [0.717, 1.165) is 11.1 Å². The number of ether oxygens (including phenoxy) is 1. The van der Waals surface area contributed by atoms with Crippen molar-refractivity contribution in [3.05, 3.63) is 58.7 Å². The van der Waals surface area contributed by atoms with Crippen molar-refractivity contribution in [1.29, 1.82) is 5.26 Å². The summed E-state index contributed by atoms with van der Waals surface area (Å²) in [5, 5.41) is 23.2. The first-order valence-corrected chi connectivity index (χ1v) is 10.4. The maximum Gasteiger partial charge on any atom is 0.266 e. The van der Waals surface area contributed by atoms with Gasteiger partial charge in [0.25, 0.3) is 5.91 Å². The number of benzene rings is 2. The van der Waals surface area contributed by atoms with Gasteiger partial charge in [0.05, 0.1) is 6.61 Å². The number of carbonyl (C=O) groups excluding carboxylic acids is 1. The molecule has 0 aliphatic carbocycles. The molecule has 2 rings (SSSR count). The van der Waals surface area contributed by atoms with Crippen molar-refractivity contribution in [2.24, 2.45) is 0 Å². The minimum Gasteiger partial charge on any atom is -0.507 e. The van der Waals surface area contributed by atoms with Crippen molar-refractivity contribution in [1.82, 2.24) is 0 Å². The van der Waals surface area contributed by atoms with E-state index in [4.69, 9.17) is 4.74 Å². The van der Waals surface area contributed by atoms with Gasteiger partial charge in [0.1, 0.15) is 23.1 Å². The SMILES string of the molecule is CCOc1ccc(NC(=O)C(C#N)=Cc2cc(C(C)(C)C)c(O)c(C(C)(C)C)c2)cc1. The highest BCUT2D eigenvalue weighted by molar-refractivity contribution is 6.09. The lowest BCUT2D eigenvalue weighted by Crippen LogP contribution is -2.18. The second-order valence-electron chi connectivity index (χ2n) is 9.55. The molecule has 0 unspecified atom stereocenters. The first kappa shape index (κ1) is 24.0. The third kappa shape index (κ3) is 6.11. The van der Waals surface area contributed by atoms with Crippen LogP contribution in [0.25, 0.3) is 6.08 Å². The third-order valence-corrected chi connectivity index (χ3v) is 4.85. The fourth-order valence-corrected chi connectivity index (χ4v) is 3.20. The molecule has 0 aromatic heterocycles. The normalized spacial score (nSPS) is 12.3. The Kier molecular flexibility index (Phi) is 7.17. The highest BCUT2D eigenvalue weighted by atomic mass is 16.5. The number of rotatable bonds is 5. The number of aromatic hydroxyl groups is 1. The van der Waals surface area contributed by atoms with E-state index in [1.807, 2.05) is 66.7 Å². The molecule has 0 fully saturated rings. The van der Waals surface area contributed by atoms with Crippen molar-refractivity contribution in [2.45, 2.75) is 59.3 Å². The Hall–Kier alpha value is -3.26. The van der Waals surface area contributed by atoms with E-state index >= 15 is 0 Å². The summed E-state index contributed by atoms with van der Waals surface area (Å²) in [6.45, 7) is 14.6. The molecule has 0 bridgehead atoms. The summed E-state index contributed by atoms with van der Waals surface area (Å²) >= 11 is 0. The minimum absolute atomic E-state index is 0.0145. The van der Waals surface area contributed by atoms with E-state index in [1.54, 1.807) is 30.3 Å². The number of anilines is 1. The molecule has 0 aliphatic rings. The number of hydrogen-bond acceptors (Lipinski definition) is 4.